The minimum Gasteiger partial charge on any atom is -0.480 e. The van der Waals surface area contributed by atoms with E-state index in [2.05, 4.69) is 5.92 Å². The molecule has 1 heterocycles. The van der Waals surface area contributed by atoms with Gasteiger partial charge in [0.1, 0.15) is 6.54 Å². The van der Waals surface area contributed by atoms with Crippen LogP contribution in [-0.4, -0.2) is 65.8 Å². The molecule has 0 spiro atoms. The van der Waals surface area contributed by atoms with Crippen LogP contribution in [0.3, 0.4) is 0 Å². The topological polar surface area (TPSA) is 70.1 Å². The van der Waals surface area contributed by atoms with E-state index in [1.807, 2.05) is 6.92 Å². The summed E-state index contributed by atoms with van der Waals surface area (Å²) in [7, 11) is 0. The summed E-state index contributed by atoms with van der Waals surface area (Å²) in [5.74, 6) is 1.22. The van der Waals surface area contributed by atoms with Gasteiger partial charge in [-0.1, -0.05) is 5.92 Å². The Morgan fingerprint density at radius 2 is 2.35 bits per heavy atom. The van der Waals surface area contributed by atoms with Crippen LogP contribution in [0.1, 0.15) is 6.92 Å². The number of morpholine rings is 1. The number of urea groups is 1. The van der Waals surface area contributed by atoms with Crippen molar-refractivity contribution in [1.29, 1.82) is 0 Å². The van der Waals surface area contributed by atoms with Crippen molar-refractivity contribution < 1.29 is 19.4 Å². The normalized spacial score (nSPS) is 19.5. The van der Waals surface area contributed by atoms with Gasteiger partial charge in [-0.2, -0.15) is 0 Å². The highest BCUT2D eigenvalue weighted by Crippen LogP contribution is 2.09. The third-order valence-corrected chi connectivity index (χ3v) is 2.49. The molecule has 6 nitrogen and oxygen atoms in total. The van der Waals surface area contributed by atoms with Gasteiger partial charge in [0.05, 0.1) is 25.8 Å². The summed E-state index contributed by atoms with van der Waals surface area (Å²) in [4.78, 5) is 25.4. The summed E-state index contributed by atoms with van der Waals surface area (Å²) in [5, 5.41) is 8.72. The molecule has 0 aromatic rings. The molecule has 17 heavy (non-hydrogen) atoms. The first-order chi connectivity index (χ1) is 8.06. The Hall–Kier alpha value is -1.74. The quantitative estimate of drug-likeness (QED) is 0.696. The lowest BCUT2D eigenvalue weighted by atomic mass is 10.2. The molecule has 1 fully saturated rings. The first-order valence-electron chi connectivity index (χ1n) is 5.34. The van der Waals surface area contributed by atoms with E-state index in [0.717, 1.165) is 4.90 Å². The lowest BCUT2D eigenvalue weighted by Crippen LogP contribution is -2.53. The molecule has 6 heteroatoms. The minimum atomic E-state index is -1.07. The molecule has 94 valence electrons. The summed E-state index contributed by atoms with van der Waals surface area (Å²) in [5.41, 5.74) is 0. The number of carbonyl (C=O) groups excluding carboxylic acids is 1. The van der Waals surface area contributed by atoms with Crippen LogP contribution < -0.4 is 0 Å². The molecule has 1 atom stereocenters. The average Bonchev–Trinajstić information content (AvgIpc) is 2.28. The van der Waals surface area contributed by atoms with E-state index >= 15 is 0 Å². The van der Waals surface area contributed by atoms with Crippen molar-refractivity contribution in [2.75, 3.05) is 32.8 Å². The fourth-order valence-electron chi connectivity index (χ4n) is 1.66. The van der Waals surface area contributed by atoms with Gasteiger partial charge in [0, 0.05) is 6.54 Å². The Morgan fingerprint density at radius 3 is 2.88 bits per heavy atom. The third kappa shape index (κ3) is 3.64. The van der Waals surface area contributed by atoms with Crippen LogP contribution in [0.4, 0.5) is 4.79 Å². The van der Waals surface area contributed by atoms with Crippen molar-refractivity contribution in [1.82, 2.24) is 9.80 Å². The van der Waals surface area contributed by atoms with Crippen molar-refractivity contribution in [3.63, 3.8) is 0 Å². The van der Waals surface area contributed by atoms with Crippen molar-refractivity contribution in [2.45, 2.75) is 13.0 Å². The lowest BCUT2D eigenvalue weighted by molar-refractivity contribution is -0.137. The number of terminal acetylenes is 1. The highest BCUT2D eigenvalue weighted by atomic mass is 16.5. The maximum absolute atomic E-state index is 12.1. The van der Waals surface area contributed by atoms with Crippen molar-refractivity contribution >= 4 is 12.0 Å². The third-order valence-electron chi connectivity index (χ3n) is 2.49. The molecule has 0 aliphatic carbocycles. The molecule has 1 saturated heterocycles. The Morgan fingerprint density at radius 1 is 1.65 bits per heavy atom. The summed E-state index contributed by atoms with van der Waals surface area (Å²) < 4.78 is 5.21. The minimum absolute atomic E-state index is 0.00475. The standard InChI is InChI=1S/C11H16N2O4/c1-3-4-12(7-10(14)15)11(16)13-5-6-17-8-9(13)2/h1,9H,4-8H2,2H3,(H,14,15). The molecule has 0 saturated carbocycles. The molecule has 1 aliphatic heterocycles. The molecular weight excluding hydrogens is 224 g/mol. The zero-order valence-electron chi connectivity index (χ0n) is 9.76. The molecule has 0 aromatic heterocycles. The second kappa shape index (κ2) is 6.11. The molecule has 0 bridgehead atoms. The van der Waals surface area contributed by atoms with Crippen molar-refractivity contribution in [3.8, 4) is 12.3 Å². The molecule has 1 N–H and O–H groups in total. The zero-order chi connectivity index (χ0) is 12.8. The number of carbonyl (C=O) groups is 2. The lowest BCUT2D eigenvalue weighted by Gasteiger charge is -2.36. The molecular formula is C11H16N2O4. The van der Waals surface area contributed by atoms with Gasteiger partial charge < -0.3 is 19.6 Å². The van der Waals surface area contributed by atoms with Gasteiger partial charge in [0.25, 0.3) is 0 Å². The highest BCUT2D eigenvalue weighted by Gasteiger charge is 2.28. The van der Waals surface area contributed by atoms with E-state index in [-0.39, 0.29) is 25.2 Å². The van der Waals surface area contributed by atoms with Crippen LogP contribution >= 0.6 is 0 Å². The number of hydrogen-bond donors (Lipinski definition) is 1. The molecule has 1 aliphatic rings. The summed E-state index contributed by atoms with van der Waals surface area (Å²) in [6.45, 7) is 2.85. The molecule has 1 rings (SSSR count). The molecule has 0 radical (unpaired) electrons. The average molecular weight is 240 g/mol. The van der Waals surface area contributed by atoms with E-state index in [4.69, 9.17) is 16.3 Å². The number of hydrogen-bond acceptors (Lipinski definition) is 3. The highest BCUT2D eigenvalue weighted by molar-refractivity contribution is 5.80. The zero-order valence-corrected chi connectivity index (χ0v) is 9.76. The summed E-state index contributed by atoms with van der Waals surface area (Å²) in [6, 6.07) is -0.411. The predicted octanol–water partition coefficient (Wildman–Crippen LogP) is -0.153. The SMILES string of the molecule is C#CCN(CC(=O)O)C(=O)N1CCOCC1C. The van der Waals surface area contributed by atoms with Crippen LogP contribution in [0.5, 0.6) is 0 Å². The van der Waals surface area contributed by atoms with E-state index in [0.29, 0.717) is 19.8 Å². The van der Waals surface area contributed by atoms with Gasteiger partial charge in [0.2, 0.25) is 0 Å². The first-order valence-corrected chi connectivity index (χ1v) is 5.34. The summed E-state index contributed by atoms with van der Waals surface area (Å²) >= 11 is 0. The second-order valence-electron chi connectivity index (χ2n) is 3.85. The number of carboxylic acids is 1. The van der Waals surface area contributed by atoms with Crippen LogP contribution in [0.15, 0.2) is 0 Å². The monoisotopic (exact) mass is 240 g/mol. The van der Waals surface area contributed by atoms with Gasteiger partial charge in [-0.25, -0.2) is 4.79 Å². The van der Waals surface area contributed by atoms with Gasteiger partial charge in [-0.05, 0) is 6.92 Å². The fourth-order valence-corrected chi connectivity index (χ4v) is 1.66. The maximum atomic E-state index is 12.1. The van der Waals surface area contributed by atoms with Gasteiger partial charge in [-0.3, -0.25) is 4.79 Å². The summed E-state index contributed by atoms with van der Waals surface area (Å²) in [6.07, 6.45) is 5.13. The predicted molar refractivity (Wildman–Crippen MR) is 60.4 cm³/mol. The van der Waals surface area contributed by atoms with Crippen LogP contribution in [0.2, 0.25) is 0 Å². The molecule has 2 amide bonds. The van der Waals surface area contributed by atoms with E-state index in [1.54, 1.807) is 4.90 Å². The molecule has 0 aromatic carbocycles. The first kappa shape index (κ1) is 13.3. The Balaban J connectivity index is 2.69. The fraction of sp³-hybridized carbons (Fsp3) is 0.636. The van der Waals surface area contributed by atoms with Crippen molar-refractivity contribution in [2.24, 2.45) is 0 Å². The van der Waals surface area contributed by atoms with Gasteiger partial charge >= 0.3 is 12.0 Å². The van der Waals surface area contributed by atoms with E-state index in [1.165, 1.54) is 0 Å². The smallest absolute Gasteiger partial charge is 0.323 e. The number of carboxylic acid groups (broad SMARTS) is 1. The number of amides is 2. The number of rotatable bonds is 3. The van der Waals surface area contributed by atoms with Crippen LogP contribution in [-0.2, 0) is 9.53 Å². The number of nitrogens with zero attached hydrogens (tertiary/aromatic N) is 2. The Bertz CT molecular complexity index is 337. The Labute approximate surface area is 100 Å². The van der Waals surface area contributed by atoms with Gasteiger partial charge in [0.15, 0.2) is 0 Å². The van der Waals surface area contributed by atoms with Crippen LogP contribution in [0, 0.1) is 12.3 Å². The number of aliphatic carboxylic acids is 1. The van der Waals surface area contributed by atoms with Crippen molar-refractivity contribution in [3.05, 3.63) is 0 Å². The number of ether oxygens (including phenoxy) is 1. The van der Waals surface area contributed by atoms with Gasteiger partial charge in [-0.15, -0.1) is 6.42 Å². The second-order valence-corrected chi connectivity index (χ2v) is 3.85. The van der Waals surface area contributed by atoms with E-state index < -0.39 is 5.97 Å². The molecule has 1 unspecified atom stereocenters. The van der Waals surface area contributed by atoms with Crippen LogP contribution in [0.25, 0.3) is 0 Å². The maximum Gasteiger partial charge on any atom is 0.323 e. The Kier molecular flexibility index (Phi) is 4.79. The van der Waals surface area contributed by atoms with E-state index in [9.17, 15) is 9.59 Å². The largest absolute Gasteiger partial charge is 0.480 e.